The maximum atomic E-state index is 13.4. The SMILES string of the molecule is C=C(/C=C\C)CBr.CC.CNc1ccc(S(=O)(=O)N2CCC3(CC2)OCCN3S(=O)(=O)c2ccc(NC)cc2)cc1.CO. The van der Waals surface area contributed by atoms with Gasteiger partial charge in [0, 0.05) is 70.4 Å². The van der Waals surface area contributed by atoms with Gasteiger partial charge in [-0.3, -0.25) is 0 Å². The van der Waals surface area contributed by atoms with Crippen LogP contribution >= 0.6 is 15.9 Å². The second-order valence-electron chi connectivity index (χ2n) is 9.12. The first kappa shape index (κ1) is 38.8. The molecule has 43 heavy (non-hydrogen) atoms. The number of nitrogens with one attached hydrogen (secondary N) is 2. The highest BCUT2D eigenvalue weighted by molar-refractivity contribution is 9.09. The van der Waals surface area contributed by atoms with Crippen LogP contribution in [0.4, 0.5) is 11.4 Å². The Kier molecular flexibility index (Phi) is 16.7. The van der Waals surface area contributed by atoms with E-state index in [1.165, 1.54) is 8.61 Å². The molecule has 1 spiro atoms. The van der Waals surface area contributed by atoms with Gasteiger partial charge in [-0.2, -0.15) is 8.61 Å². The van der Waals surface area contributed by atoms with Gasteiger partial charge in [-0.25, -0.2) is 16.8 Å². The van der Waals surface area contributed by atoms with Crippen molar-refractivity contribution in [2.45, 2.75) is 49.1 Å². The van der Waals surface area contributed by atoms with Gasteiger partial charge < -0.3 is 20.5 Å². The summed E-state index contributed by atoms with van der Waals surface area (Å²) >= 11 is 3.26. The molecule has 2 fully saturated rings. The van der Waals surface area contributed by atoms with Crippen LogP contribution in [0.25, 0.3) is 0 Å². The first-order valence-corrected chi connectivity index (χ1v) is 18.1. The predicted octanol–water partition coefficient (Wildman–Crippen LogP) is 5.12. The number of halogens is 1. The summed E-state index contributed by atoms with van der Waals surface area (Å²) in [5.41, 5.74) is 1.73. The summed E-state index contributed by atoms with van der Waals surface area (Å²) in [5.74, 6) is 0. The van der Waals surface area contributed by atoms with Crippen LogP contribution in [-0.4, -0.2) is 89.1 Å². The highest BCUT2D eigenvalue weighted by atomic mass is 79.9. The lowest BCUT2D eigenvalue weighted by atomic mass is 10.0. The van der Waals surface area contributed by atoms with Gasteiger partial charge in [0.2, 0.25) is 20.0 Å². The molecule has 10 nitrogen and oxygen atoms in total. The first-order valence-electron chi connectivity index (χ1n) is 14.1. The van der Waals surface area contributed by atoms with E-state index in [4.69, 9.17) is 9.84 Å². The molecule has 2 aromatic rings. The molecule has 0 aromatic heterocycles. The van der Waals surface area contributed by atoms with Crippen LogP contribution in [-0.2, 0) is 24.8 Å². The lowest BCUT2D eigenvalue weighted by Gasteiger charge is -2.42. The number of sulfonamides is 2. The van der Waals surface area contributed by atoms with E-state index in [-0.39, 0.29) is 48.9 Å². The van der Waals surface area contributed by atoms with Crippen molar-refractivity contribution < 1.29 is 26.7 Å². The summed E-state index contributed by atoms with van der Waals surface area (Å²) in [7, 11) is -2.91. The molecule has 3 N–H and O–H groups in total. The molecule has 2 heterocycles. The number of nitrogens with zero attached hydrogens (tertiary/aromatic N) is 2. The van der Waals surface area contributed by atoms with Gasteiger partial charge in [-0.05, 0) is 61.0 Å². The van der Waals surface area contributed by atoms with Crippen LogP contribution in [0.2, 0.25) is 0 Å². The van der Waals surface area contributed by atoms with E-state index < -0.39 is 25.8 Å². The van der Waals surface area contributed by atoms with Crippen LogP contribution in [0.1, 0.15) is 33.6 Å². The molecule has 4 rings (SSSR count). The smallest absolute Gasteiger partial charge is 0.245 e. The molecule has 2 saturated heterocycles. The van der Waals surface area contributed by atoms with Gasteiger partial charge in [0.15, 0.2) is 0 Å². The van der Waals surface area contributed by atoms with Crippen LogP contribution in [0.15, 0.2) is 82.6 Å². The number of aliphatic hydroxyl groups is 1. The van der Waals surface area contributed by atoms with E-state index in [1.807, 2.05) is 32.9 Å². The number of alkyl halides is 1. The minimum Gasteiger partial charge on any atom is -0.400 e. The molecule has 2 aromatic carbocycles. The number of allylic oxidation sites excluding steroid dienone is 3. The van der Waals surface area contributed by atoms with Crippen molar-refractivity contribution in [3.8, 4) is 0 Å². The molecule has 13 heteroatoms. The summed E-state index contributed by atoms with van der Waals surface area (Å²) in [6, 6.07) is 13.1. The molecule has 2 aliphatic heterocycles. The number of aliphatic hydroxyl groups excluding tert-OH is 1. The number of piperidine rings is 1. The number of benzene rings is 2. The molecule has 0 saturated carbocycles. The van der Waals surface area contributed by atoms with E-state index in [0.29, 0.717) is 0 Å². The average Bonchev–Trinajstić information content (AvgIpc) is 3.47. The number of hydrogen-bond donors (Lipinski definition) is 3. The number of hydrogen-bond acceptors (Lipinski definition) is 8. The molecule has 0 aliphatic carbocycles. The zero-order valence-electron chi connectivity index (χ0n) is 26.0. The Morgan fingerprint density at radius 3 is 1.72 bits per heavy atom. The van der Waals surface area contributed by atoms with Gasteiger partial charge in [0.05, 0.1) is 16.4 Å². The molecule has 242 valence electrons. The lowest BCUT2D eigenvalue weighted by molar-refractivity contribution is -0.0806. The third kappa shape index (κ3) is 9.87. The molecule has 0 amide bonds. The van der Waals surface area contributed by atoms with Crippen LogP contribution < -0.4 is 10.6 Å². The summed E-state index contributed by atoms with van der Waals surface area (Å²) < 4.78 is 61.6. The van der Waals surface area contributed by atoms with Gasteiger partial charge in [-0.15, -0.1) is 0 Å². The maximum Gasteiger partial charge on any atom is 0.245 e. The normalized spacial score (nSPS) is 16.7. The van der Waals surface area contributed by atoms with E-state index in [9.17, 15) is 16.8 Å². The average molecular weight is 704 g/mol. The Hall–Kier alpha value is -2.26. The fourth-order valence-electron chi connectivity index (χ4n) is 4.55. The first-order chi connectivity index (χ1) is 20.5. The summed E-state index contributed by atoms with van der Waals surface area (Å²) in [4.78, 5) is 0.412. The summed E-state index contributed by atoms with van der Waals surface area (Å²) in [6.45, 7) is 10.6. The molecule has 0 bridgehead atoms. The number of ether oxygens (including phenoxy) is 1. The van der Waals surface area contributed by atoms with Gasteiger partial charge >= 0.3 is 0 Å². The fourth-order valence-corrected chi connectivity index (χ4v) is 7.90. The minimum atomic E-state index is -3.78. The molecule has 0 atom stereocenters. The predicted molar refractivity (Wildman–Crippen MR) is 180 cm³/mol. The Labute approximate surface area is 267 Å². The van der Waals surface area contributed by atoms with E-state index >= 15 is 0 Å². The molecular weight excluding hydrogens is 656 g/mol. The van der Waals surface area contributed by atoms with Crippen molar-refractivity contribution in [1.29, 1.82) is 0 Å². The molecule has 2 aliphatic rings. The Morgan fingerprint density at radius 2 is 1.35 bits per heavy atom. The van der Waals surface area contributed by atoms with Crippen molar-refractivity contribution in [2.75, 3.05) is 63.4 Å². The van der Waals surface area contributed by atoms with Crippen LogP contribution in [0, 0.1) is 0 Å². The minimum absolute atomic E-state index is 0.181. The number of anilines is 2. The third-order valence-corrected chi connectivity index (χ3v) is 11.3. The third-order valence-electron chi connectivity index (χ3n) is 6.71. The maximum absolute atomic E-state index is 13.4. The zero-order valence-corrected chi connectivity index (χ0v) is 29.2. The van der Waals surface area contributed by atoms with Crippen molar-refractivity contribution >= 4 is 47.4 Å². The van der Waals surface area contributed by atoms with Crippen LogP contribution in [0.3, 0.4) is 0 Å². The molecule has 0 radical (unpaired) electrons. The standard InChI is InChI=1S/C21H28N4O5S2.C6H9Br.C2H6.CH4O/c1-22-17-3-7-19(8-4-17)31(26,27)24-13-11-21(12-14-24)25(15-16-30-21)32(28,29)20-9-5-18(23-2)6-10-20;1-3-4-6(2)5-7;2*1-2/h3-10,22-23H,11-16H2,1-2H3;3-4H,2,5H2,1H3;1-2H3;2H,1H3/b;4-3-;;. The summed E-state index contributed by atoms with van der Waals surface area (Å²) in [5, 5.41) is 13.8. The fraction of sp³-hybridized carbons (Fsp3) is 0.467. The zero-order chi connectivity index (χ0) is 32.7. The highest BCUT2D eigenvalue weighted by Gasteiger charge is 2.51. The highest BCUT2D eigenvalue weighted by Crippen LogP contribution is 2.39. The largest absolute Gasteiger partial charge is 0.400 e. The van der Waals surface area contributed by atoms with Gasteiger partial charge in [0.25, 0.3) is 0 Å². The number of rotatable bonds is 8. The van der Waals surface area contributed by atoms with Crippen molar-refractivity contribution in [1.82, 2.24) is 8.61 Å². The Morgan fingerprint density at radius 1 is 0.907 bits per heavy atom. The monoisotopic (exact) mass is 702 g/mol. The van der Waals surface area contributed by atoms with Crippen molar-refractivity contribution in [3.63, 3.8) is 0 Å². The van der Waals surface area contributed by atoms with Gasteiger partial charge in [-0.1, -0.05) is 48.5 Å². The van der Waals surface area contributed by atoms with E-state index in [0.717, 1.165) is 29.4 Å². The van der Waals surface area contributed by atoms with Gasteiger partial charge in [0.1, 0.15) is 5.72 Å². The van der Waals surface area contributed by atoms with Crippen molar-refractivity contribution in [3.05, 3.63) is 72.8 Å². The summed E-state index contributed by atoms with van der Waals surface area (Å²) in [6.07, 6.45) is 4.50. The topological polar surface area (TPSA) is 128 Å². The second-order valence-corrected chi connectivity index (χ2v) is 13.5. The van der Waals surface area contributed by atoms with E-state index in [1.54, 1.807) is 62.6 Å². The van der Waals surface area contributed by atoms with E-state index in [2.05, 4.69) is 33.1 Å². The lowest BCUT2D eigenvalue weighted by Crippen LogP contribution is -2.55. The Balaban J connectivity index is 0.000000730. The van der Waals surface area contributed by atoms with Crippen LogP contribution in [0.5, 0.6) is 0 Å². The molecular formula is C30H47BrN4O6S2. The molecule has 0 unspecified atom stereocenters. The second kappa shape index (κ2) is 18.5. The van der Waals surface area contributed by atoms with Crippen molar-refractivity contribution in [2.24, 2.45) is 0 Å². The Bertz CT molecular complexity index is 1360. The quantitative estimate of drug-likeness (QED) is 0.256.